The molecule has 2 atom stereocenters. The second kappa shape index (κ2) is 6.02. The number of likely N-dealkylation sites (tertiary alicyclic amines) is 1. The van der Waals surface area contributed by atoms with Crippen molar-refractivity contribution >= 4 is 28.8 Å². The standard InChI is InChI=1S/C18H17FN2O2S/c19-13-3-1-12(2-4-13)9-17(22)20-7-5-15-16(20)10-18(23)21(15)14-6-8-24-11-14/h1-4,6,8,11,15-16H,5,7,9-10H2/t15-,16+/m0/s1. The molecule has 4 rings (SSSR count). The van der Waals surface area contributed by atoms with Crippen LogP contribution in [0.1, 0.15) is 18.4 Å². The van der Waals surface area contributed by atoms with Gasteiger partial charge in [-0.25, -0.2) is 4.39 Å². The molecule has 3 heterocycles. The second-order valence-corrected chi connectivity index (χ2v) is 7.04. The third kappa shape index (κ3) is 2.60. The first-order chi connectivity index (χ1) is 11.6. The van der Waals surface area contributed by atoms with Crippen molar-refractivity contribution in [2.75, 3.05) is 11.4 Å². The Morgan fingerprint density at radius 3 is 2.71 bits per heavy atom. The van der Waals surface area contributed by atoms with Crippen LogP contribution in [0.4, 0.5) is 10.1 Å². The number of halogens is 1. The number of amides is 2. The highest BCUT2D eigenvalue weighted by atomic mass is 32.1. The van der Waals surface area contributed by atoms with Gasteiger partial charge in [0.05, 0.1) is 24.2 Å². The Morgan fingerprint density at radius 1 is 1.21 bits per heavy atom. The summed E-state index contributed by atoms with van der Waals surface area (Å²) in [5.74, 6) is -0.211. The fraction of sp³-hybridized carbons (Fsp3) is 0.333. The number of carbonyl (C=O) groups excluding carboxylic acids is 2. The van der Waals surface area contributed by atoms with Crippen molar-refractivity contribution in [1.82, 2.24) is 4.90 Å². The highest BCUT2D eigenvalue weighted by Gasteiger charge is 2.48. The normalized spacial score (nSPS) is 23.0. The van der Waals surface area contributed by atoms with E-state index in [9.17, 15) is 14.0 Å². The number of carbonyl (C=O) groups is 2. The first-order valence-corrected chi connectivity index (χ1v) is 8.96. The van der Waals surface area contributed by atoms with Gasteiger partial charge in [-0.15, -0.1) is 0 Å². The van der Waals surface area contributed by atoms with E-state index in [0.717, 1.165) is 17.7 Å². The lowest BCUT2D eigenvalue weighted by atomic mass is 10.1. The lowest BCUT2D eigenvalue weighted by molar-refractivity contribution is -0.131. The Morgan fingerprint density at radius 2 is 2.00 bits per heavy atom. The molecule has 2 aliphatic heterocycles. The molecule has 0 aliphatic carbocycles. The second-order valence-electron chi connectivity index (χ2n) is 6.26. The fourth-order valence-corrected chi connectivity index (χ4v) is 4.39. The van der Waals surface area contributed by atoms with Gasteiger partial charge in [0.15, 0.2) is 0 Å². The molecule has 0 bridgehead atoms. The van der Waals surface area contributed by atoms with E-state index >= 15 is 0 Å². The third-order valence-electron chi connectivity index (χ3n) is 4.87. The average molecular weight is 344 g/mol. The molecule has 0 N–H and O–H groups in total. The highest BCUT2D eigenvalue weighted by Crippen LogP contribution is 2.37. The zero-order chi connectivity index (χ0) is 16.7. The number of thiophene rings is 1. The Hall–Kier alpha value is -2.21. The number of fused-ring (bicyclic) bond motifs is 1. The van der Waals surface area contributed by atoms with Crippen LogP contribution in [-0.4, -0.2) is 35.3 Å². The maximum absolute atomic E-state index is 13.0. The molecule has 0 unspecified atom stereocenters. The molecule has 2 saturated heterocycles. The predicted octanol–water partition coefficient (Wildman–Crippen LogP) is 2.84. The summed E-state index contributed by atoms with van der Waals surface area (Å²) in [6.07, 6.45) is 1.44. The molecular weight excluding hydrogens is 327 g/mol. The van der Waals surface area contributed by atoms with Crippen LogP contribution in [-0.2, 0) is 16.0 Å². The number of anilines is 1. The summed E-state index contributed by atoms with van der Waals surface area (Å²) in [7, 11) is 0. The van der Waals surface area contributed by atoms with Crippen LogP contribution in [0, 0.1) is 5.82 Å². The molecule has 1 aromatic heterocycles. The van der Waals surface area contributed by atoms with Gasteiger partial charge in [0.1, 0.15) is 5.82 Å². The minimum absolute atomic E-state index is 0.00840. The summed E-state index contributed by atoms with van der Waals surface area (Å²) < 4.78 is 13.0. The van der Waals surface area contributed by atoms with Crippen molar-refractivity contribution in [1.29, 1.82) is 0 Å². The van der Waals surface area contributed by atoms with Crippen LogP contribution >= 0.6 is 11.3 Å². The van der Waals surface area contributed by atoms with Gasteiger partial charge in [0.2, 0.25) is 11.8 Å². The Bertz CT molecular complexity index is 760. The fourth-order valence-electron chi connectivity index (χ4n) is 3.76. The van der Waals surface area contributed by atoms with E-state index in [4.69, 9.17) is 0 Å². The minimum atomic E-state index is -0.305. The van der Waals surface area contributed by atoms with Crippen molar-refractivity contribution in [3.63, 3.8) is 0 Å². The molecule has 2 fully saturated rings. The van der Waals surface area contributed by atoms with Gasteiger partial charge in [0, 0.05) is 18.3 Å². The van der Waals surface area contributed by atoms with Crippen molar-refractivity contribution in [3.05, 3.63) is 52.5 Å². The molecule has 2 aliphatic rings. The maximum atomic E-state index is 13.0. The maximum Gasteiger partial charge on any atom is 0.229 e. The van der Waals surface area contributed by atoms with E-state index in [2.05, 4.69) is 0 Å². The Balaban J connectivity index is 1.49. The van der Waals surface area contributed by atoms with E-state index in [1.54, 1.807) is 23.5 Å². The van der Waals surface area contributed by atoms with Gasteiger partial charge in [-0.3, -0.25) is 9.59 Å². The first-order valence-electron chi connectivity index (χ1n) is 8.01. The molecule has 1 aromatic carbocycles. The molecule has 6 heteroatoms. The SMILES string of the molecule is O=C(Cc1ccc(F)cc1)N1CC[C@H]2[C@H]1CC(=O)N2c1ccsc1. The largest absolute Gasteiger partial charge is 0.337 e. The topological polar surface area (TPSA) is 40.6 Å². The molecule has 124 valence electrons. The Kier molecular flexibility index (Phi) is 3.84. The van der Waals surface area contributed by atoms with Gasteiger partial charge >= 0.3 is 0 Å². The van der Waals surface area contributed by atoms with E-state index in [1.807, 2.05) is 26.6 Å². The zero-order valence-electron chi connectivity index (χ0n) is 13.0. The number of hydrogen-bond donors (Lipinski definition) is 0. The zero-order valence-corrected chi connectivity index (χ0v) is 13.8. The van der Waals surface area contributed by atoms with Gasteiger partial charge in [-0.1, -0.05) is 12.1 Å². The summed E-state index contributed by atoms with van der Waals surface area (Å²) in [6.45, 7) is 0.670. The van der Waals surface area contributed by atoms with Crippen molar-refractivity contribution in [2.24, 2.45) is 0 Å². The quantitative estimate of drug-likeness (QED) is 0.859. The number of hydrogen-bond acceptors (Lipinski definition) is 3. The summed E-state index contributed by atoms with van der Waals surface area (Å²) in [6, 6.07) is 7.99. The van der Waals surface area contributed by atoms with Gasteiger partial charge in [-0.05, 0) is 35.6 Å². The van der Waals surface area contributed by atoms with E-state index in [1.165, 1.54) is 12.1 Å². The number of rotatable bonds is 3. The smallest absolute Gasteiger partial charge is 0.229 e. The molecule has 2 aromatic rings. The van der Waals surface area contributed by atoms with Crippen LogP contribution in [0.2, 0.25) is 0 Å². The summed E-state index contributed by atoms with van der Waals surface area (Å²) in [4.78, 5) is 28.7. The van der Waals surface area contributed by atoms with Gasteiger partial charge < -0.3 is 9.80 Å². The molecule has 2 amide bonds. The van der Waals surface area contributed by atoms with Crippen molar-refractivity contribution in [2.45, 2.75) is 31.3 Å². The van der Waals surface area contributed by atoms with E-state index in [-0.39, 0.29) is 36.1 Å². The first kappa shape index (κ1) is 15.3. The molecular formula is C18H17FN2O2S. The molecule has 4 nitrogen and oxygen atoms in total. The predicted molar refractivity (Wildman–Crippen MR) is 90.4 cm³/mol. The lowest BCUT2D eigenvalue weighted by Crippen LogP contribution is -2.40. The van der Waals surface area contributed by atoms with Crippen molar-refractivity contribution < 1.29 is 14.0 Å². The summed E-state index contributed by atoms with van der Waals surface area (Å²) >= 11 is 1.57. The molecule has 24 heavy (non-hydrogen) atoms. The van der Waals surface area contributed by atoms with Crippen molar-refractivity contribution in [3.8, 4) is 0 Å². The van der Waals surface area contributed by atoms with E-state index < -0.39 is 0 Å². The highest BCUT2D eigenvalue weighted by molar-refractivity contribution is 7.08. The number of nitrogens with zero attached hydrogens (tertiary/aromatic N) is 2. The molecule has 0 spiro atoms. The van der Waals surface area contributed by atoms with Crippen LogP contribution < -0.4 is 4.90 Å². The number of benzene rings is 1. The van der Waals surface area contributed by atoms with Gasteiger partial charge in [0.25, 0.3) is 0 Å². The lowest BCUT2D eigenvalue weighted by Gasteiger charge is -2.25. The monoisotopic (exact) mass is 344 g/mol. The van der Waals surface area contributed by atoms with Crippen LogP contribution in [0.3, 0.4) is 0 Å². The van der Waals surface area contributed by atoms with Crippen LogP contribution in [0.25, 0.3) is 0 Å². The van der Waals surface area contributed by atoms with E-state index in [0.29, 0.717) is 13.0 Å². The summed E-state index contributed by atoms with van der Waals surface area (Å²) in [5, 5.41) is 3.94. The van der Waals surface area contributed by atoms with Crippen LogP contribution in [0.15, 0.2) is 41.1 Å². The minimum Gasteiger partial charge on any atom is -0.337 e. The average Bonchev–Trinajstić information content (AvgIpc) is 3.26. The van der Waals surface area contributed by atoms with Crippen LogP contribution in [0.5, 0.6) is 0 Å². The van der Waals surface area contributed by atoms with Gasteiger partial charge in [-0.2, -0.15) is 11.3 Å². The Labute approximate surface area is 143 Å². The molecule has 0 radical (unpaired) electrons. The molecule has 0 saturated carbocycles. The third-order valence-corrected chi connectivity index (χ3v) is 5.54. The summed E-state index contributed by atoms with van der Waals surface area (Å²) in [5.41, 5.74) is 1.73.